The van der Waals surface area contributed by atoms with Crippen molar-refractivity contribution in [3.8, 4) is 5.69 Å². The number of carbonyl (C=O) groups excluding carboxylic acids is 1. The number of piperazine rings is 1. The molecule has 1 aromatic heterocycles. The molecule has 1 saturated heterocycles. The predicted octanol–water partition coefficient (Wildman–Crippen LogP) is 3.08. The van der Waals surface area contributed by atoms with Gasteiger partial charge in [0.15, 0.2) is 5.16 Å². The van der Waals surface area contributed by atoms with Gasteiger partial charge in [-0.3, -0.25) is 14.3 Å². The number of thioether (sulfide) groups is 1. The fraction of sp³-hybridized carbons (Fsp3) is 0.400. The highest BCUT2D eigenvalue weighted by atomic mass is 32.2. The van der Waals surface area contributed by atoms with E-state index in [1.165, 1.54) is 22.9 Å². The Labute approximate surface area is 200 Å². The summed E-state index contributed by atoms with van der Waals surface area (Å²) in [6, 6.07) is 16.5. The lowest BCUT2D eigenvalue weighted by Crippen LogP contribution is -2.48. The van der Waals surface area contributed by atoms with E-state index in [0.717, 1.165) is 44.0 Å². The predicted molar refractivity (Wildman–Crippen MR) is 133 cm³/mol. The van der Waals surface area contributed by atoms with E-state index < -0.39 is 0 Å². The summed E-state index contributed by atoms with van der Waals surface area (Å²) in [6.07, 6.45) is 1.70. The summed E-state index contributed by atoms with van der Waals surface area (Å²) in [5, 5.41) is 12.3. The molecule has 3 aromatic rings. The second kappa shape index (κ2) is 11.0. The van der Waals surface area contributed by atoms with Crippen LogP contribution in [0.4, 0.5) is 0 Å². The standard InChI is InChI=1S/C25H32N6OS/c1-19-9-10-22(15-20(19)2)31-18-26-28-25(31)33-17-24(32)27-23(21-7-5-4-6-8-21)16-30-13-11-29(3)12-14-30/h4-10,15,18,23H,11-14,16-17H2,1-3H3,(H,27,32). The van der Waals surface area contributed by atoms with Gasteiger partial charge < -0.3 is 10.2 Å². The van der Waals surface area contributed by atoms with Crippen LogP contribution in [-0.4, -0.2) is 76.0 Å². The number of hydrogen-bond donors (Lipinski definition) is 1. The van der Waals surface area contributed by atoms with E-state index in [9.17, 15) is 4.79 Å². The molecule has 1 atom stereocenters. The number of likely N-dealkylation sites (N-methyl/N-ethyl adjacent to an activating group) is 1. The first kappa shape index (κ1) is 23.5. The van der Waals surface area contributed by atoms with Crippen LogP contribution in [0, 0.1) is 13.8 Å². The summed E-state index contributed by atoms with van der Waals surface area (Å²) in [4.78, 5) is 17.7. The van der Waals surface area contributed by atoms with Crippen molar-refractivity contribution in [2.24, 2.45) is 0 Å². The van der Waals surface area contributed by atoms with Crippen LogP contribution in [0.1, 0.15) is 22.7 Å². The van der Waals surface area contributed by atoms with Gasteiger partial charge in [-0.15, -0.1) is 10.2 Å². The zero-order chi connectivity index (χ0) is 23.2. The van der Waals surface area contributed by atoms with Crippen molar-refractivity contribution in [1.82, 2.24) is 29.9 Å². The van der Waals surface area contributed by atoms with E-state index >= 15 is 0 Å². The van der Waals surface area contributed by atoms with Crippen LogP contribution in [0.25, 0.3) is 5.69 Å². The Morgan fingerprint density at radius 3 is 2.55 bits per heavy atom. The maximum atomic E-state index is 12.9. The Bertz CT molecular complexity index is 1060. The van der Waals surface area contributed by atoms with E-state index in [2.05, 4.69) is 76.5 Å². The first-order valence-electron chi connectivity index (χ1n) is 11.4. The Hall–Kier alpha value is -2.68. The average molecular weight is 465 g/mol. The molecule has 2 heterocycles. The maximum absolute atomic E-state index is 12.9. The van der Waals surface area contributed by atoms with E-state index in [-0.39, 0.29) is 17.7 Å². The topological polar surface area (TPSA) is 66.3 Å². The molecule has 8 heteroatoms. The average Bonchev–Trinajstić information content (AvgIpc) is 3.30. The number of nitrogens with zero attached hydrogens (tertiary/aromatic N) is 5. The molecule has 1 unspecified atom stereocenters. The van der Waals surface area contributed by atoms with Crippen molar-refractivity contribution < 1.29 is 4.79 Å². The molecule has 0 aliphatic carbocycles. The number of hydrogen-bond acceptors (Lipinski definition) is 6. The summed E-state index contributed by atoms with van der Waals surface area (Å²) in [5.74, 6) is 0.285. The highest BCUT2D eigenvalue weighted by Crippen LogP contribution is 2.22. The highest BCUT2D eigenvalue weighted by molar-refractivity contribution is 7.99. The minimum atomic E-state index is -0.0414. The summed E-state index contributed by atoms with van der Waals surface area (Å²) in [6.45, 7) is 9.14. The number of aryl methyl sites for hydroxylation is 2. The molecule has 0 spiro atoms. The van der Waals surface area contributed by atoms with Gasteiger partial charge in [-0.2, -0.15) is 0 Å². The molecule has 1 aliphatic heterocycles. The lowest BCUT2D eigenvalue weighted by Gasteiger charge is -2.35. The Balaban J connectivity index is 1.40. The van der Waals surface area contributed by atoms with Gasteiger partial charge in [0.2, 0.25) is 5.91 Å². The van der Waals surface area contributed by atoms with Crippen molar-refractivity contribution in [2.45, 2.75) is 25.0 Å². The van der Waals surface area contributed by atoms with Crippen molar-refractivity contribution in [3.63, 3.8) is 0 Å². The third kappa shape index (κ3) is 6.22. The number of aromatic nitrogens is 3. The second-order valence-electron chi connectivity index (χ2n) is 8.68. The zero-order valence-corrected chi connectivity index (χ0v) is 20.4. The number of carbonyl (C=O) groups is 1. The van der Waals surface area contributed by atoms with E-state index in [0.29, 0.717) is 5.16 Å². The van der Waals surface area contributed by atoms with Gasteiger partial charge in [-0.05, 0) is 49.7 Å². The summed E-state index contributed by atoms with van der Waals surface area (Å²) < 4.78 is 1.93. The third-order valence-electron chi connectivity index (χ3n) is 6.19. The van der Waals surface area contributed by atoms with Gasteiger partial charge in [-0.25, -0.2) is 0 Å². The SMILES string of the molecule is Cc1ccc(-n2cnnc2SCC(=O)NC(CN2CCN(C)CC2)c2ccccc2)cc1C. The van der Waals surface area contributed by atoms with Gasteiger partial charge in [0, 0.05) is 38.4 Å². The molecule has 174 valence electrons. The Morgan fingerprint density at radius 1 is 1.06 bits per heavy atom. The lowest BCUT2D eigenvalue weighted by atomic mass is 10.1. The van der Waals surface area contributed by atoms with Crippen molar-refractivity contribution in [2.75, 3.05) is 45.5 Å². The number of nitrogens with one attached hydrogen (secondary N) is 1. The normalized spacial score (nSPS) is 16.0. The van der Waals surface area contributed by atoms with Gasteiger partial charge in [0.05, 0.1) is 11.8 Å². The molecule has 33 heavy (non-hydrogen) atoms. The number of benzene rings is 2. The molecule has 4 rings (SSSR count). The summed E-state index contributed by atoms with van der Waals surface area (Å²) in [5.41, 5.74) is 4.59. The number of rotatable bonds is 8. The zero-order valence-electron chi connectivity index (χ0n) is 19.6. The van der Waals surface area contributed by atoms with Crippen LogP contribution in [0.15, 0.2) is 60.0 Å². The largest absolute Gasteiger partial charge is 0.347 e. The fourth-order valence-corrected chi connectivity index (χ4v) is 4.69. The van der Waals surface area contributed by atoms with E-state index in [1.807, 2.05) is 22.8 Å². The summed E-state index contributed by atoms with van der Waals surface area (Å²) in [7, 11) is 2.15. The van der Waals surface area contributed by atoms with Crippen molar-refractivity contribution >= 4 is 17.7 Å². The Morgan fingerprint density at radius 2 is 1.82 bits per heavy atom. The van der Waals surface area contributed by atoms with Crippen molar-refractivity contribution in [3.05, 3.63) is 71.5 Å². The molecular formula is C25H32N6OS. The van der Waals surface area contributed by atoms with Crippen LogP contribution in [0.2, 0.25) is 0 Å². The smallest absolute Gasteiger partial charge is 0.231 e. The minimum Gasteiger partial charge on any atom is -0.347 e. The lowest BCUT2D eigenvalue weighted by molar-refractivity contribution is -0.119. The van der Waals surface area contributed by atoms with Crippen LogP contribution >= 0.6 is 11.8 Å². The third-order valence-corrected chi connectivity index (χ3v) is 7.13. The molecule has 1 N–H and O–H groups in total. The first-order chi connectivity index (χ1) is 16.0. The molecule has 1 amide bonds. The molecule has 0 saturated carbocycles. The first-order valence-corrected chi connectivity index (χ1v) is 12.3. The molecule has 0 bridgehead atoms. The van der Waals surface area contributed by atoms with Crippen LogP contribution < -0.4 is 5.32 Å². The molecular weight excluding hydrogens is 432 g/mol. The highest BCUT2D eigenvalue weighted by Gasteiger charge is 2.21. The molecule has 1 fully saturated rings. The van der Waals surface area contributed by atoms with Gasteiger partial charge in [0.1, 0.15) is 6.33 Å². The quantitative estimate of drug-likeness (QED) is 0.517. The van der Waals surface area contributed by atoms with Crippen LogP contribution in [-0.2, 0) is 4.79 Å². The van der Waals surface area contributed by atoms with Gasteiger partial charge in [-0.1, -0.05) is 48.2 Å². The molecule has 2 aromatic carbocycles. The minimum absolute atomic E-state index is 0.00221. The van der Waals surface area contributed by atoms with Gasteiger partial charge in [0.25, 0.3) is 0 Å². The molecule has 0 radical (unpaired) electrons. The number of amides is 1. The fourth-order valence-electron chi connectivity index (χ4n) is 3.95. The Kier molecular flexibility index (Phi) is 7.80. The van der Waals surface area contributed by atoms with Crippen LogP contribution in [0.5, 0.6) is 0 Å². The van der Waals surface area contributed by atoms with Crippen molar-refractivity contribution in [1.29, 1.82) is 0 Å². The summed E-state index contributed by atoms with van der Waals surface area (Å²) >= 11 is 1.41. The second-order valence-corrected chi connectivity index (χ2v) is 9.62. The molecule has 1 aliphatic rings. The van der Waals surface area contributed by atoms with E-state index in [1.54, 1.807) is 6.33 Å². The maximum Gasteiger partial charge on any atom is 0.231 e. The van der Waals surface area contributed by atoms with Gasteiger partial charge >= 0.3 is 0 Å². The molecule has 7 nitrogen and oxygen atoms in total. The van der Waals surface area contributed by atoms with Crippen LogP contribution in [0.3, 0.4) is 0 Å². The monoisotopic (exact) mass is 464 g/mol. The van der Waals surface area contributed by atoms with E-state index in [4.69, 9.17) is 0 Å².